The molecule has 59 heavy (non-hydrogen) atoms. The normalized spacial score (nSPS) is 20.4. The van der Waals surface area contributed by atoms with E-state index in [4.69, 9.17) is 23.7 Å². The van der Waals surface area contributed by atoms with Gasteiger partial charge < -0.3 is 39.2 Å². The van der Waals surface area contributed by atoms with Crippen LogP contribution in [0.3, 0.4) is 0 Å². The van der Waals surface area contributed by atoms with Crippen molar-refractivity contribution in [2.24, 2.45) is 0 Å². The summed E-state index contributed by atoms with van der Waals surface area (Å²) in [7, 11) is 3.81. The molecule has 0 aromatic heterocycles. The highest BCUT2D eigenvalue weighted by atomic mass is 16.6. The smallest absolute Gasteiger partial charge is 0.240 e. The second-order valence-corrected chi connectivity index (χ2v) is 16.5. The number of hydrogen-bond donors (Lipinski definition) is 2. The lowest BCUT2D eigenvalue weighted by atomic mass is 9.81. The lowest BCUT2D eigenvalue weighted by molar-refractivity contribution is -0.401. The van der Waals surface area contributed by atoms with E-state index in [1.54, 1.807) is 7.11 Å². The van der Waals surface area contributed by atoms with Crippen molar-refractivity contribution in [3.8, 4) is 11.5 Å². The van der Waals surface area contributed by atoms with E-state index in [1.807, 2.05) is 12.1 Å². The number of para-hydroxylation sites is 2. The zero-order valence-electron chi connectivity index (χ0n) is 35.7. The molecule has 1 amide bonds. The van der Waals surface area contributed by atoms with Gasteiger partial charge in [0, 0.05) is 60.4 Å². The van der Waals surface area contributed by atoms with Crippen LogP contribution in [0.4, 0.5) is 11.4 Å². The molecule has 0 bridgehead atoms. The number of anilines is 1. The van der Waals surface area contributed by atoms with E-state index in [1.165, 1.54) is 33.7 Å². The largest absolute Gasteiger partial charge is 0.487 e. The van der Waals surface area contributed by atoms with Gasteiger partial charge in [0.05, 0.1) is 38.4 Å². The molecular formula is C49H61N4O6+. The molecule has 3 heterocycles. The summed E-state index contributed by atoms with van der Waals surface area (Å²) in [6.45, 7) is 13.8. The number of methoxy groups -OCH3 is 1. The summed E-state index contributed by atoms with van der Waals surface area (Å²) in [5, 5.41) is 6.92. The van der Waals surface area contributed by atoms with Crippen LogP contribution in [-0.4, -0.2) is 89.7 Å². The maximum Gasteiger partial charge on any atom is 0.240 e. The molecule has 0 spiro atoms. The fourth-order valence-electron chi connectivity index (χ4n) is 8.78. The molecule has 0 unspecified atom stereocenters. The summed E-state index contributed by atoms with van der Waals surface area (Å²) >= 11 is 0. The number of carbonyl (C=O) groups excluding carboxylic acids is 1. The van der Waals surface area contributed by atoms with Crippen molar-refractivity contribution in [2.75, 3.05) is 78.4 Å². The minimum absolute atomic E-state index is 0.0382. The Morgan fingerprint density at radius 2 is 1.54 bits per heavy atom. The fourth-order valence-corrected chi connectivity index (χ4v) is 8.78. The zero-order valence-corrected chi connectivity index (χ0v) is 35.7. The SMILES string of the molecule is COCCNC(=O)CN1/C(=C/C=C2\CCCC(/C=C/C3=[N+](C)c4ccccc4C3(C)C)=C2NCc2ccc3c(c2)OCCOCCOCCO3)C(C)(C)c2ccccc21. The van der Waals surface area contributed by atoms with Gasteiger partial charge in [-0.15, -0.1) is 0 Å². The fraction of sp³-hybridized carbons (Fsp3) is 0.429. The van der Waals surface area contributed by atoms with Crippen molar-refractivity contribution in [1.82, 2.24) is 10.6 Å². The Morgan fingerprint density at radius 1 is 0.831 bits per heavy atom. The standard InChI is InChI=1S/C49H60N4O6/c1-48(2)38-14-7-9-16-40(38)52(5)44(48)22-19-36-12-11-13-37(47(36)51-33-35-18-21-42-43(32-35)59-31-29-57-27-26-56-28-30-58-42)20-23-45-49(3,4)39-15-8-10-17-41(39)53(45)34-46(54)50-24-25-55-6/h7-10,14-23,32H,11-13,24-31,33-34H2,1-6H3,(H,50,54)/p+1/b37-20+,45-23+. The van der Waals surface area contributed by atoms with Crippen LogP contribution in [0.15, 0.2) is 114 Å². The van der Waals surface area contributed by atoms with Crippen LogP contribution in [0.25, 0.3) is 0 Å². The minimum Gasteiger partial charge on any atom is -0.487 e. The van der Waals surface area contributed by atoms with E-state index >= 15 is 0 Å². The number of rotatable bonds is 11. The first kappa shape index (κ1) is 42.0. The van der Waals surface area contributed by atoms with Crippen LogP contribution in [0, 0.1) is 0 Å². The van der Waals surface area contributed by atoms with Crippen LogP contribution < -0.4 is 25.0 Å². The molecule has 0 saturated carbocycles. The maximum absolute atomic E-state index is 13.3. The van der Waals surface area contributed by atoms with Crippen LogP contribution in [0.2, 0.25) is 0 Å². The molecule has 0 radical (unpaired) electrons. The molecular weight excluding hydrogens is 741 g/mol. The number of hydrogen-bond acceptors (Lipinski definition) is 8. The summed E-state index contributed by atoms with van der Waals surface area (Å²) in [5.74, 6) is 1.36. The highest BCUT2D eigenvalue weighted by Gasteiger charge is 2.43. The number of benzene rings is 3. The number of nitrogens with zero attached hydrogens (tertiary/aromatic N) is 2. The molecule has 3 aliphatic heterocycles. The van der Waals surface area contributed by atoms with Gasteiger partial charge in [-0.05, 0) is 79.7 Å². The van der Waals surface area contributed by atoms with Crippen molar-refractivity contribution in [3.63, 3.8) is 0 Å². The summed E-state index contributed by atoms with van der Waals surface area (Å²) in [6, 6.07) is 23.3. The molecule has 3 aromatic carbocycles. The number of fused-ring (bicyclic) bond motifs is 3. The number of allylic oxidation sites excluding steroid dienone is 7. The minimum atomic E-state index is -0.310. The Labute approximate surface area is 350 Å². The van der Waals surface area contributed by atoms with Gasteiger partial charge in [0.2, 0.25) is 11.6 Å². The second-order valence-electron chi connectivity index (χ2n) is 16.5. The van der Waals surface area contributed by atoms with Crippen LogP contribution >= 0.6 is 0 Å². The molecule has 2 N–H and O–H groups in total. The first-order chi connectivity index (χ1) is 28.6. The van der Waals surface area contributed by atoms with Gasteiger partial charge in [0.1, 0.15) is 26.8 Å². The zero-order chi connectivity index (χ0) is 41.4. The van der Waals surface area contributed by atoms with Gasteiger partial charge in [-0.1, -0.05) is 68.5 Å². The Hall–Kier alpha value is -5.16. The van der Waals surface area contributed by atoms with Gasteiger partial charge in [-0.3, -0.25) is 4.79 Å². The molecule has 0 fully saturated rings. The highest BCUT2D eigenvalue weighted by molar-refractivity contribution is 6.03. The summed E-state index contributed by atoms with van der Waals surface area (Å²) in [4.78, 5) is 15.4. The lowest BCUT2D eigenvalue weighted by Gasteiger charge is -2.27. The third-order valence-corrected chi connectivity index (χ3v) is 11.9. The summed E-state index contributed by atoms with van der Waals surface area (Å²) in [5.41, 5.74) is 11.5. The lowest BCUT2D eigenvalue weighted by Crippen LogP contribution is -2.38. The molecule has 3 aromatic rings. The third-order valence-electron chi connectivity index (χ3n) is 11.9. The van der Waals surface area contributed by atoms with Crippen molar-refractivity contribution in [2.45, 2.75) is 64.3 Å². The Morgan fingerprint density at radius 3 is 2.31 bits per heavy atom. The average molecular weight is 802 g/mol. The number of amides is 1. The van der Waals surface area contributed by atoms with Crippen LogP contribution in [0.5, 0.6) is 11.5 Å². The molecule has 10 heteroatoms. The van der Waals surface area contributed by atoms with E-state index < -0.39 is 0 Å². The van der Waals surface area contributed by atoms with E-state index in [9.17, 15) is 4.79 Å². The number of ether oxygens (including phenoxy) is 5. The molecule has 7 rings (SSSR count). The molecule has 4 aliphatic rings. The first-order valence-corrected chi connectivity index (χ1v) is 21.0. The van der Waals surface area contributed by atoms with Crippen molar-refractivity contribution >= 4 is 23.0 Å². The first-order valence-electron chi connectivity index (χ1n) is 21.0. The quantitative estimate of drug-likeness (QED) is 0.151. The topological polar surface area (TPSA) is 93.5 Å². The van der Waals surface area contributed by atoms with Crippen molar-refractivity contribution in [3.05, 3.63) is 130 Å². The van der Waals surface area contributed by atoms with Gasteiger partial charge in [0.25, 0.3) is 0 Å². The average Bonchev–Trinajstić information content (AvgIpc) is 3.56. The van der Waals surface area contributed by atoms with Gasteiger partial charge in [-0.25, -0.2) is 0 Å². The van der Waals surface area contributed by atoms with Crippen molar-refractivity contribution in [1.29, 1.82) is 0 Å². The Kier molecular flexibility index (Phi) is 13.4. The van der Waals surface area contributed by atoms with E-state index in [-0.39, 0.29) is 23.3 Å². The van der Waals surface area contributed by atoms with E-state index in [2.05, 4.69) is 134 Å². The van der Waals surface area contributed by atoms with Crippen molar-refractivity contribution < 1.29 is 33.1 Å². The monoisotopic (exact) mass is 801 g/mol. The highest BCUT2D eigenvalue weighted by Crippen LogP contribution is 2.48. The second kappa shape index (κ2) is 18.8. The van der Waals surface area contributed by atoms with Crippen LogP contribution in [0.1, 0.15) is 63.6 Å². The molecule has 10 nitrogen and oxygen atoms in total. The third kappa shape index (κ3) is 9.35. The summed E-state index contributed by atoms with van der Waals surface area (Å²) < 4.78 is 31.1. The molecule has 312 valence electrons. The van der Waals surface area contributed by atoms with Gasteiger partial charge in [0.15, 0.2) is 17.2 Å². The Bertz CT molecular complexity index is 2160. The van der Waals surface area contributed by atoms with E-state index in [0.29, 0.717) is 70.8 Å². The maximum atomic E-state index is 13.3. The Balaban J connectivity index is 1.24. The van der Waals surface area contributed by atoms with Crippen LogP contribution in [-0.2, 0) is 36.4 Å². The molecule has 1 aliphatic carbocycles. The van der Waals surface area contributed by atoms with E-state index in [0.717, 1.165) is 41.9 Å². The van der Waals surface area contributed by atoms with Gasteiger partial charge in [-0.2, -0.15) is 4.58 Å². The predicted octanol–water partition coefficient (Wildman–Crippen LogP) is 7.65. The molecule has 0 atom stereocenters. The predicted molar refractivity (Wildman–Crippen MR) is 234 cm³/mol. The summed E-state index contributed by atoms with van der Waals surface area (Å²) in [6.07, 6.45) is 12.1. The number of carbonyl (C=O) groups is 1. The number of nitrogens with one attached hydrogen (secondary N) is 2. The van der Waals surface area contributed by atoms with Gasteiger partial charge >= 0.3 is 0 Å². The molecule has 0 saturated heterocycles.